The van der Waals surface area contributed by atoms with E-state index in [-0.39, 0.29) is 11.8 Å². The van der Waals surface area contributed by atoms with E-state index in [2.05, 4.69) is 18.8 Å². The number of H-pyrrole nitrogens is 1. The van der Waals surface area contributed by atoms with E-state index in [1.54, 1.807) is 6.07 Å². The van der Waals surface area contributed by atoms with Crippen molar-refractivity contribution in [2.75, 3.05) is 32.8 Å². The molecule has 1 aliphatic heterocycles. The van der Waals surface area contributed by atoms with Gasteiger partial charge in [-0.05, 0) is 35.7 Å². The maximum absolute atomic E-state index is 12.9. The van der Waals surface area contributed by atoms with Gasteiger partial charge in [0.25, 0.3) is 5.91 Å². The summed E-state index contributed by atoms with van der Waals surface area (Å²) in [5.74, 6) is 1.22. The number of nitrogens with one attached hydrogen (secondary N) is 1. The number of carbonyl (C=O) groups is 2. The Balaban J connectivity index is 1.33. The van der Waals surface area contributed by atoms with Crippen LogP contribution in [0.1, 0.15) is 29.8 Å². The van der Waals surface area contributed by atoms with Crippen molar-refractivity contribution in [2.24, 2.45) is 5.92 Å². The lowest BCUT2D eigenvalue weighted by atomic mass is 10.1. The Morgan fingerprint density at radius 1 is 1.00 bits per heavy atom. The summed E-state index contributed by atoms with van der Waals surface area (Å²) in [5.41, 5.74) is 2.68. The third-order valence-electron chi connectivity index (χ3n) is 5.60. The van der Waals surface area contributed by atoms with Crippen LogP contribution in [0.25, 0.3) is 10.9 Å². The topological polar surface area (TPSA) is 65.6 Å². The number of fused-ring (bicyclic) bond motifs is 1. The molecule has 0 aliphatic carbocycles. The molecule has 2 aromatic carbocycles. The van der Waals surface area contributed by atoms with Gasteiger partial charge >= 0.3 is 0 Å². The van der Waals surface area contributed by atoms with Crippen LogP contribution < -0.4 is 4.74 Å². The Morgan fingerprint density at radius 3 is 2.52 bits per heavy atom. The number of rotatable bonds is 6. The average Bonchev–Trinajstić information content (AvgIpc) is 3.20. The van der Waals surface area contributed by atoms with Gasteiger partial charge in [0.2, 0.25) is 5.91 Å². The monoisotopic (exact) mass is 419 g/mol. The number of piperazine rings is 1. The van der Waals surface area contributed by atoms with Gasteiger partial charge in [0.1, 0.15) is 5.75 Å². The minimum absolute atomic E-state index is 0.0151. The minimum Gasteiger partial charge on any atom is -0.493 e. The zero-order chi connectivity index (χ0) is 21.8. The van der Waals surface area contributed by atoms with Gasteiger partial charge in [0, 0.05) is 48.8 Å². The zero-order valence-electron chi connectivity index (χ0n) is 18.1. The number of carbonyl (C=O) groups excluding carboxylic acids is 2. The predicted octanol–water partition coefficient (Wildman–Crippen LogP) is 3.73. The van der Waals surface area contributed by atoms with Gasteiger partial charge in [-0.25, -0.2) is 0 Å². The van der Waals surface area contributed by atoms with Crippen molar-refractivity contribution < 1.29 is 14.3 Å². The van der Waals surface area contributed by atoms with E-state index in [1.807, 2.05) is 58.5 Å². The second-order valence-corrected chi connectivity index (χ2v) is 8.44. The number of ether oxygens (including phenoxy) is 1. The Bertz CT molecular complexity index is 1060. The molecule has 0 bridgehead atoms. The minimum atomic E-state index is -0.0151. The van der Waals surface area contributed by atoms with Crippen LogP contribution in [0.3, 0.4) is 0 Å². The van der Waals surface area contributed by atoms with Crippen molar-refractivity contribution in [2.45, 2.75) is 20.3 Å². The Hall–Kier alpha value is -3.28. The fourth-order valence-electron chi connectivity index (χ4n) is 3.88. The maximum Gasteiger partial charge on any atom is 0.254 e. The molecule has 0 unspecified atom stereocenters. The maximum atomic E-state index is 12.9. The third kappa shape index (κ3) is 4.90. The highest BCUT2D eigenvalue weighted by atomic mass is 16.5. The molecule has 1 fully saturated rings. The van der Waals surface area contributed by atoms with Crippen LogP contribution >= 0.6 is 0 Å². The van der Waals surface area contributed by atoms with Crippen molar-refractivity contribution in [3.05, 3.63) is 65.9 Å². The van der Waals surface area contributed by atoms with Gasteiger partial charge < -0.3 is 19.5 Å². The van der Waals surface area contributed by atoms with Crippen LogP contribution in [0, 0.1) is 5.92 Å². The van der Waals surface area contributed by atoms with Crippen molar-refractivity contribution in [1.29, 1.82) is 0 Å². The first-order chi connectivity index (χ1) is 15.0. The lowest BCUT2D eigenvalue weighted by molar-refractivity contribution is -0.131. The second-order valence-electron chi connectivity index (χ2n) is 8.44. The number of aromatic amines is 1. The smallest absolute Gasteiger partial charge is 0.254 e. The summed E-state index contributed by atoms with van der Waals surface area (Å²) in [7, 11) is 0. The first kappa shape index (κ1) is 21.0. The van der Waals surface area contributed by atoms with E-state index < -0.39 is 0 Å². The highest BCUT2D eigenvalue weighted by Crippen LogP contribution is 2.20. The molecule has 1 saturated heterocycles. The van der Waals surface area contributed by atoms with Crippen LogP contribution in [0.15, 0.2) is 54.7 Å². The van der Waals surface area contributed by atoms with Crippen LogP contribution in [0.5, 0.6) is 5.75 Å². The zero-order valence-corrected chi connectivity index (χ0v) is 18.1. The summed E-state index contributed by atoms with van der Waals surface area (Å²) in [4.78, 5) is 32.6. The highest BCUT2D eigenvalue weighted by molar-refractivity contribution is 5.95. The van der Waals surface area contributed by atoms with Crippen LogP contribution in [0.2, 0.25) is 0 Å². The summed E-state index contributed by atoms with van der Waals surface area (Å²) >= 11 is 0. The Kier molecular flexibility index (Phi) is 6.26. The number of amides is 2. The summed E-state index contributed by atoms with van der Waals surface area (Å²) in [5, 5.41) is 1.09. The second kappa shape index (κ2) is 9.25. The fraction of sp³-hybridized carbons (Fsp3) is 0.360. The number of benzene rings is 2. The lowest BCUT2D eigenvalue weighted by Crippen LogP contribution is -2.51. The first-order valence-electron chi connectivity index (χ1n) is 10.9. The predicted molar refractivity (Wildman–Crippen MR) is 121 cm³/mol. The van der Waals surface area contributed by atoms with Gasteiger partial charge in [0.15, 0.2) is 0 Å². The highest BCUT2D eigenvalue weighted by Gasteiger charge is 2.25. The van der Waals surface area contributed by atoms with E-state index in [4.69, 9.17) is 4.74 Å². The lowest BCUT2D eigenvalue weighted by Gasteiger charge is -2.35. The molecule has 0 atom stereocenters. The number of nitrogens with zero attached hydrogens (tertiary/aromatic N) is 2. The van der Waals surface area contributed by atoms with Crippen LogP contribution in [-0.2, 0) is 11.2 Å². The van der Waals surface area contributed by atoms with E-state index in [0.29, 0.717) is 56.4 Å². The fourth-order valence-corrected chi connectivity index (χ4v) is 3.88. The molecular formula is C25H29N3O3. The molecule has 0 radical (unpaired) electrons. The Morgan fingerprint density at radius 2 is 1.74 bits per heavy atom. The van der Waals surface area contributed by atoms with Gasteiger partial charge in [-0.3, -0.25) is 9.59 Å². The van der Waals surface area contributed by atoms with Crippen molar-refractivity contribution in [3.63, 3.8) is 0 Å². The standard InChI is InChI=1S/C25H29N3O3/c1-18(2)17-31-21-7-5-6-19(14-21)25(30)28-12-10-27(11-13-28)24(29)15-20-16-26-23-9-4-3-8-22(20)23/h3-9,14,16,18,26H,10-13,15,17H2,1-2H3. The number of hydrogen-bond acceptors (Lipinski definition) is 3. The van der Waals surface area contributed by atoms with Crippen LogP contribution in [0.4, 0.5) is 0 Å². The number of hydrogen-bond donors (Lipinski definition) is 1. The molecule has 0 spiro atoms. The van der Waals surface area contributed by atoms with E-state index in [9.17, 15) is 9.59 Å². The van der Waals surface area contributed by atoms with Gasteiger partial charge in [0.05, 0.1) is 13.0 Å². The van der Waals surface area contributed by atoms with Crippen LogP contribution in [-0.4, -0.2) is 59.4 Å². The van der Waals surface area contributed by atoms with E-state index >= 15 is 0 Å². The molecule has 0 saturated carbocycles. The summed E-state index contributed by atoms with van der Waals surface area (Å²) in [6.45, 7) is 6.98. The molecule has 1 aliphatic rings. The molecule has 6 nitrogen and oxygen atoms in total. The van der Waals surface area contributed by atoms with Gasteiger partial charge in [-0.2, -0.15) is 0 Å². The number of para-hydroxylation sites is 1. The molecule has 1 N–H and O–H groups in total. The summed E-state index contributed by atoms with van der Waals surface area (Å²) in [6.07, 6.45) is 2.28. The summed E-state index contributed by atoms with van der Waals surface area (Å²) < 4.78 is 5.75. The third-order valence-corrected chi connectivity index (χ3v) is 5.60. The SMILES string of the molecule is CC(C)COc1cccc(C(=O)N2CCN(C(=O)Cc3c[nH]c4ccccc34)CC2)c1. The number of aromatic nitrogens is 1. The molecular weight excluding hydrogens is 390 g/mol. The average molecular weight is 420 g/mol. The first-order valence-corrected chi connectivity index (χ1v) is 10.9. The molecule has 2 amide bonds. The largest absolute Gasteiger partial charge is 0.493 e. The van der Waals surface area contributed by atoms with Crippen molar-refractivity contribution in [1.82, 2.24) is 14.8 Å². The van der Waals surface area contributed by atoms with Crippen molar-refractivity contribution >= 4 is 22.7 Å². The molecule has 3 aromatic rings. The quantitative estimate of drug-likeness (QED) is 0.662. The van der Waals surface area contributed by atoms with Gasteiger partial charge in [-0.1, -0.05) is 38.1 Å². The van der Waals surface area contributed by atoms with E-state index in [0.717, 1.165) is 16.5 Å². The Labute approximate surface area is 182 Å². The molecule has 162 valence electrons. The summed E-state index contributed by atoms with van der Waals surface area (Å²) in [6, 6.07) is 15.4. The normalized spacial score (nSPS) is 14.3. The molecule has 2 heterocycles. The molecule has 1 aromatic heterocycles. The molecule has 31 heavy (non-hydrogen) atoms. The van der Waals surface area contributed by atoms with E-state index in [1.165, 1.54) is 0 Å². The van der Waals surface area contributed by atoms with Crippen molar-refractivity contribution in [3.8, 4) is 5.75 Å². The molecule has 6 heteroatoms. The molecule has 4 rings (SSSR count). The van der Waals surface area contributed by atoms with Gasteiger partial charge in [-0.15, -0.1) is 0 Å².